The highest BCUT2D eigenvalue weighted by atomic mass is 79.9. The summed E-state index contributed by atoms with van der Waals surface area (Å²) < 4.78 is 1.13. The second-order valence-corrected chi connectivity index (χ2v) is 6.05. The minimum absolute atomic E-state index is 0.476. The van der Waals surface area contributed by atoms with Gasteiger partial charge < -0.3 is 4.90 Å². The third-order valence-electron chi connectivity index (χ3n) is 3.66. The van der Waals surface area contributed by atoms with Gasteiger partial charge in [0.15, 0.2) is 0 Å². The van der Waals surface area contributed by atoms with Gasteiger partial charge in [-0.1, -0.05) is 15.9 Å². The Morgan fingerprint density at radius 1 is 1.18 bits per heavy atom. The van der Waals surface area contributed by atoms with Crippen LogP contribution in [0.2, 0.25) is 0 Å². The number of hydrogen-bond acceptors (Lipinski definition) is 3. The van der Waals surface area contributed by atoms with Crippen molar-refractivity contribution in [3.05, 3.63) is 28.7 Å². The first-order valence-electron chi connectivity index (χ1n) is 5.81. The number of halogens is 1. The van der Waals surface area contributed by atoms with Crippen LogP contribution in [-0.4, -0.2) is 37.6 Å². The number of nitrogens with zero attached hydrogens (tertiary/aromatic N) is 3. The van der Waals surface area contributed by atoms with Crippen molar-refractivity contribution in [1.82, 2.24) is 4.90 Å². The Morgan fingerprint density at radius 3 is 2.41 bits per heavy atom. The Hall–Kier alpha value is -1.05. The third-order valence-corrected chi connectivity index (χ3v) is 4.19. The lowest BCUT2D eigenvalue weighted by atomic mass is 9.72. The van der Waals surface area contributed by atoms with Crippen molar-refractivity contribution in [3.63, 3.8) is 0 Å². The van der Waals surface area contributed by atoms with Crippen LogP contribution in [0.5, 0.6) is 0 Å². The number of benzene rings is 1. The molecule has 3 rings (SSSR count). The average molecular weight is 292 g/mol. The molecular weight excluding hydrogens is 278 g/mol. The minimum atomic E-state index is 0.476. The minimum Gasteiger partial charge on any atom is -0.370 e. The summed E-state index contributed by atoms with van der Waals surface area (Å²) in [5, 5.41) is 8.61. The number of rotatable bonds is 2. The summed E-state index contributed by atoms with van der Waals surface area (Å²) in [6.45, 7) is 5.04. The molecule has 1 aromatic carbocycles. The lowest BCUT2D eigenvalue weighted by Gasteiger charge is -2.60. The molecule has 0 bridgehead atoms. The maximum absolute atomic E-state index is 8.61. The highest BCUT2D eigenvalue weighted by molar-refractivity contribution is 9.10. The lowest BCUT2D eigenvalue weighted by molar-refractivity contribution is -0.0122. The smallest absolute Gasteiger partial charge is 0.0866 e. The molecule has 2 fully saturated rings. The van der Waals surface area contributed by atoms with Crippen LogP contribution >= 0.6 is 15.9 Å². The van der Waals surface area contributed by atoms with Gasteiger partial charge in [-0.3, -0.25) is 4.90 Å². The first-order chi connectivity index (χ1) is 8.21. The average Bonchev–Trinajstić information content (AvgIpc) is 2.21. The van der Waals surface area contributed by atoms with E-state index in [2.05, 4.69) is 56.1 Å². The molecule has 0 aliphatic carbocycles. The monoisotopic (exact) mass is 291 g/mol. The molecule has 0 saturated carbocycles. The van der Waals surface area contributed by atoms with Crippen LogP contribution in [0.3, 0.4) is 0 Å². The summed E-state index contributed by atoms with van der Waals surface area (Å²) in [5.41, 5.74) is 1.78. The van der Waals surface area contributed by atoms with E-state index in [0.717, 1.165) is 30.7 Å². The first kappa shape index (κ1) is 11.1. The van der Waals surface area contributed by atoms with Gasteiger partial charge in [0.1, 0.15) is 0 Å². The van der Waals surface area contributed by atoms with Gasteiger partial charge in [-0.2, -0.15) is 5.26 Å². The molecule has 0 radical (unpaired) electrons. The largest absolute Gasteiger partial charge is 0.370 e. The second kappa shape index (κ2) is 4.01. The number of likely N-dealkylation sites (tertiary alicyclic amines) is 1. The van der Waals surface area contributed by atoms with Gasteiger partial charge >= 0.3 is 0 Å². The van der Waals surface area contributed by atoms with Crippen LogP contribution < -0.4 is 4.90 Å². The van der Waals surface area contributed by atoms with E-state index in [1.54, 1.807) is 0 Å². The predicted octanol–water partition coefficient (Wildman–Crippen LogP) is 2.09. The van der Waals surface area contributed by atoms with Crippen molar-refractivity contribution in [2.45, 2.75) is 0 Å². The van der Waals surface area contributed by atoms with Crippen molar-refractivity contribution >= 4 is 21.6 Å². The van der Waals surface area contributed by atoms with Crippen LogP contribution in [0.1, 0.15) is 0 Å². The Morgan fingerprint density at radius 2 is 1.82 bits per heavy atom. The fraction of sp³-hybridized carbons (Fsp3) is 0.462. The van der Waals surface area contributed by atoms with Crippen LogP contribution in [0.15, 0.2) is 28.7 Å². The van der Waals surface area contributed by atoms with Gasteiger partial charge in [0.25, 0.3) is 0 Å². The van der Waals surface area contributed by atoms with Crippen LogP contribution in [-0.2, 0) is 0 Å². The molecule has 1 spiro atoms. The van der Waals surface area contributed by atoms with Crippen molar-refractivity contribution < 1.29 is 0 Å². The SMILES string of the molecule is N#CCN1CC2(C1)CN(c1ccc(Br)cc1)C2. The normalized spacial score (nSPS) is 21.8. The third kappa shape index (κ3) is 1.94. The standard InChI is InChI=1S/C13H14BrN3/c14-11-1-3-12(4-2-11)17-9-13(10-17)7-16(8-13)6-5-15/h1-4H,6-10H2. The summed E-state index contributed by atoms with van der Waals surface area (Å²) in [6.07, 6.45) is 0. The fourth-order valence-corrected chi connectivity index (χ4v) is 3.18. The molecule has 0 amide bonds. The van der Waals surface area contributed by atoms with Crippen molar-refractivity contribution in [2.24, 2.45) is 5.41 Å². The molecule has 17 heavy (non-hydrogen) atoms. The molecule has 0 N–H and O–H groups in total. The molecule has 2 aliphatic heterocycles. The van der Waals surface area contributed by atoms with E-state index in [0.29, 0.717) is 12.0 Å². The fourth-order valence-electron chi connectivity index (χ4n) is 2.91. The van der Waals surface area contributed by atoms with Crippen LogP contribution in [0.25, 0.3) is 0 Å². The molecule has 2 aliphatic rings. The molecule has 0 atom stereocenters. The quantitative estimate of drug-likeness (QED) is 0.782. The van der Waals surface area contributed by atoms with E-state index in [4.69, 9.17) is 5.26 Å². The zero-order valence-electron chi connectivity index (χ0n) is 9.56. The highest BCUT2D eigenvalue weighted by Crippen LogP contribution is 2.41. The Bertz CT molecular complexity index is 449. The van der Waals surface area contributed by atoms with Gasteiger partial charge in [-0.15, -0.1) is 0 Å². The van der Waals surface area contributed by atoms with Gasteiger partial charge in [0.2, 0.25) is 0 Å². The zero-order valence-corrected chi connectivity index (χ0v) is 11.2. The number of anilines is 1. The molecule has 2 saturated heterocycles. The van der Waals surface area contributed by atoms with E-state index in [9.17, 15) is 0 Å². The first-order valence-corrected chi connectivity index (χ1v) is 6.60. The topological polar surface area (TPSA) is 30.3 Å². The summed E-state index contributed by atoms with van der Waals surface area (Å²) in [5.74, 6) is 0. The summed E-state index contributed by atoms with van der Waals surface area (Å²) in [4.78, 5) is 4.63. The van der Waals surface area contributed by atoms with Gasteiger partial charge in [-0.25, -0.2) is 0 Å². The molecule has 0 aromatic heterocycles. The van der Waals surface area contributed by atoms with Crippen molar-refractivity contribution in [1.29, 1.82) is 5.26 Å². The summed E-state index contributed by atoms with van der Waals surface area (Å²) in [7, 11) is 0. The van der Waals surface area contributed by atoms with Crippen LogP contribution in [0.4, 0.5) is 5.69 Å². The number of hydrogen-bond donors (Lipinski definition) is 0. The summed E-state index contributed by atoms with van der Waals surface area (Å²) >= 11 is 3.45. The lowest BCUT2D eigenvalue weighted by Crippen LogP contribution is -2.72. The zero-order chi connectivity index (χ0) is 11.9. The van der Waals surface area contributed by atoms with E-state index in [-0.39, 0.29) is 0 Å². The van der Waals surface area contributed by atoms with Gasteiger partial charge in [-0.05, 0) is 24.3 Å². The molecule has 1 aromatic rings. The van der Waals surface area contributed by atoms with E-state index < -0.39 is 0 Å². The Kier molecular flexibility index (Phi) is 2.61. The van der Waals surface area contributed by atoms with Crippen molar-refractivity contribution in [2.75, 3.05) is 37.6 Å². The molecule has 3 nitrogen and oxygen atoms in total. The van der Waals surface area contributed by atoms with Gasteiger partial charge in [0, 0.05) is 41.8 Å². The van der Waals surface area contributed by atoms with Gasteiger partial charge in [0.05, 0.1) is 12.6 Å². The molecule has 4 heteroatoms. The molecule has 2 heterocycles. The molecular formula is C13H14BrN3. The Balaban J connectivity index is 1.56. The summed E-state index contributed by atoms with van der Waals surface area (Å²) in [6, 6.07) is 10.7. The highest BCUT2D eigenvalue weighted by Gasteiger charge is 2.51. The Labute approximate surface area is 110 Å². The maximum atomic E-state index is 8.61. The maximum Gasteiger partial charge on any atom is 0.0866 e. The number of nitriles is 1. The molecule has 0 unspecified atom stereocenters. The van der Waals surface area contributed by atoms with E-state index in [1.165, 1.54) is 5.69 Å². The molecule has 88 valence electrons. The van der Waals surface area contributed by atoms with E-state index in [1.807, 2.05) is 0 Å². The van der Waals surface area contributed by atoms with Crippen LogP contribution in [0, 0.1) is 16.7 Å². The van der Waals surface area contributed by atoms with E-state index >= 15 is 0 Å². The predicted molar refractivity (Wildman–Crippen MR) is 70.8 cm³/mol. The van der Waals surface area contributed by atoms with Crippen molar-refractivity contribution in [3.8, 4) is 6.07 Å². The second-order valence-electron chi connectivity index (χ2n) is 5.14.